The van der Waals surface area contributed by atoms with Crippen molar-refractivity contribution in [2.75, 3.05) is 18.0 Å². The topological polar surface area (TPSA) is 42.1 Å². The molecule has 0 spiro atoms. The number of hydrogen-bond donors (Lipinski definition) is 1. The van der Waals surface area contributed by atoms with Crippen molar-refractivity contribution in [2.24, 2.45) is 5.73 Å². The van der Waals surface area contributed by atoms with Crippen LogP contribution in [0.1, 0.15) is 36.4 Å². The minimum atomic E-state index is 0.0227. The highest BCUT2D eigenvalue weighted by molar-refractivity contribution is 5.50. The third-order valence-electron chi connectivity index (χ3n) is 4.07. The lowest BCUT2D eigenvalue weighted by atomic mass is 9.99. The van der Waals surface area contributed by atoms with E-state index in [4.69, 9.17) is 5.73 Å². The van der Waals surface area contributed by atoms with Crippen LogP contribution in [-0.4, -0.2) is 18.1 Å². The van der Waals surface area contributed by atoms with E-state index in [1.807, 2.05) is 19.2 Å². The molecule has 104 valence electrons. The molecule has 3 heteroatoms. The lowest BCUT2D eigenvalue weighted by molar-refractivity contribution is 0.768. The highest BCUT2D eigenvalue weighted by atomic mass is 15.2. The van der Waals surface area contributed by atoms with Gasteiger partial charge in [-0.3, -0.25) is 0 Å². The number of benzene rings is 1. The second kappa shape index (κ2) is 5.63. The molecule has 0 radical (unpaired) electrons. The van der Waals surface area contributed by atoms with Gasteiger partial charge >= 0.3 is 0 Å². The molecule has 0 saturated carbocycles. The first-order valence-corrected chi connectivity index (χ1v) is 7.26. The molecule has 0 bridgehead atoms. The summed E-state index contributed by atoms with van der Waals surface area (Å²) in [7, 11) is 0. The summed E-state index contributed by atoms with van der Waals surface area (Å²) >= 11 is 0. The summed E-state index contributed by atoms with van der Waals surface area (Å²) < 4.78 is 0. The number of pyridine rings is 1. The maximum atomic E-state index is 6.06. The first kappa shape index (κ1) is 13.1. The number of aromatic nitrogens is 1. The van der Waals surface area contributed by atoms with Crippen LogP contribution in [0.25, 0.3) is 0 Å². The largest absolute Gasteiger partial charge is 0.356 e. The monoisotopic (exact) mass is 267 g/mol. The maximum Gasteiger partial charge on any atom is 0.133 e. The van der Waals surface area contributed by atoms with E-state index in [0.717, 1.165) is 24.5 Å². The summed E-state index contributed by atoms with van der Waals surface area (Å²) in [6.45, 7) is 4.10. The molecule has 3 nitrogen and oxygen atoms in total. The van der Waals surface area contributed by atoms with Gasteiger partial charge in [0.15, 0.2) is 0 Å². The quantitative estimate of drug-likeness (QED) is 0.929. The van der Waals surface area contributed by atoms with Crippen molar-refractivity contribution in [1.82, 2.24) is 4.98 Å². The third-order valence-corrected chi connectivity index (χ3v) is 4.07. The Balaban J connectivity index is 1.81. The molecule has 1 aromatic carbocycles. The van der Waals surface area contributed by atoms with Gasteiger partial charge in [-0.25, -0.2) is 4.98 Å². The van der Waals surface area contributed by atoms with Crippen molar-refractivity contribution in [3.05, 3.63) is 59.8 Å². The molecule has 1 aromatic heterocycles. The first-order chi connectivity index (χ1) is 9.75. The van der Waals surface area contributed by atoms with Crippen LogP contribution in [0.4, 0.5) is 5.82 Å². The molecule has 2 unspecified atom stereocenters. The average molecular weight is 267 g/mol. The van der Waals surface area contributed by atoms with Gasteiger partial charge in [0.1, 0.15) is 5.82 Å². The Morgan fingerprint density at radius 2 is 2.00 bits per heavy atom. The Morgan fingerprint density at radius 1 is 1.20 bits per heavy atom. The normalized spacial score (nSPS) is 20.1. The van der Waals surface area contributed by atoms with Gasteiger partial charge in [-0.1, -0.05) is 36.4 Å². The van der Waals surface area contributed by atoms with E-state index in [0.29, 0.717) is 5.92 Å². The Morgan fingerprint density at radius 3 is 2.75 bits per heavy atom. The van der Waals surface area contributed by atoms with E-state index in [1.165, 1.54) is 12.0 Å². The van der Waals surface area contributed by atoms with Crippen molar-refractivity contribution in [3.63, 3.8) is 0 Å². The minimum Gasteiger partial charge on any atom is -0.356 e. The van der Waals surface area contributed by atoms with Gasteiger partial charge in [0, 0.05) is 36.8 Å². The molecule has 0 aliphatic carbocycles. The fraction of sp³-hybridized carbons (Fsp3) is 0.353. The molecule has 2 atom stereocenters. The molecule has 3 rings (SSSR count). The van der Waals surface area contributed by atoms with Crippen molar-refractivity contribution in [2.45, 2.75) is 25.3 Å². The molecule has 1 fully saturated rings. The SMILES string of the molecule is CC(N)c1cccnc1N1CCC(c2ccccc2)C1. The molecular weight excluding hydrogens is 246 g/mol. The summed E-state index contributed by atoms with van der Waals surface area (Å²) in [5.41, 5.74) is 8.63. The van der Waals surface area contributed by atoms with Crippen LogP contribution in [0.3, 0.4) is 0 Å². The van der Waals surface area contributed by atoms with E-state index in [1.54, 1.807) is 0 Å². The Kier molecular flexibility index (Phi) is 3.70. The van der Waals surface area contributed by atoms with Gasteiger partial charge < -0.3 is 10.6 Å². The second-order valence-corrected chi connectivity index (χ2v) is 5.55. The van der Waals surface area contributed by atoms with Crippen molar-refractivity contribution >= 4 is 5.82 Å². The predicted molar refractivity (Wildman–Crippen MR) is 82.9 cm³/mol. The average Bonchev–Trinajstić information content (AvgIpc) is 2.98. The summed E-state index contributed by atoms with van der Waals surface area (Å²) in [6.07, 6.45) is 3.04. The molecule has 1 saturated heterocycles. The number of nitrogens with two attached hydrogens (primary N) is 1. The molecule has 2 aromatic rings. The lowest BCUT2D eigenvalue weighted by Crippen LogP contribution is -2.23. The number of rotatable bonds is 3. The summed E-state index contributed by atoms with van der Waals surface area (Å²) in [5.74, 6) is 1.65. The van der Waals surface area contributed by atoms with Gasteiger partial charge in [-0.15, -0.1) is 0 Å². The minimum absolute atomic E-state index is 0.0227. The molecule has 2 N–H and O–H groups in total. The molecule has 1 aliphatic heterocycles. The fourth-order valence-electron chi connectivity index (χ4n) is 2.98. The number of hydrogen-bond acceptors (Lipinski definition) is 3. The highest BCUT2D eigenvalue weighted by Crippen LogP contribution is 2.32. The molecular formula is C17H21N3. The molecule has 1 aliphatic rings. The van der Waals surface area contributed by atoms with Gasteiger partial charge in [0.05, 0.1) is 0 Å². The summed E-state index contributed by atoms with van der Waals surface area (Å²) in [6, 6.07) is 14.8. The Bertz CT molecular complexity index is 565. The lowest BCUT2D eigenvalue weighted by Gasteiger charge is -2.22. The zero-order chi connectivity index (χ0) is 13.9. The first-order valence-electron chi connectivity index (χ1n) is 7.26. The van der Waals surface area contributed by atoms with Gasteiger partial charge in [-0.05, 0) is 25.0 Å². The highest BCUT2D eigenvalue weighted by Gasteiger charge is 2.26. The zero-order valence-electron chi connectivity index (χ0n) is 11.9. The van der Waals surface area contributed by atoms with Gasteiger partial charge in [0.2, 0.25) is 0 Å². The van der Waals surface area contributed by atoms with E-state index >= 15 is 0 Å². The smallest absolute Gasteiger partial charge is 0.133 e. The zero-order valence-corrected chi connectivity index (χ0v) is 11.9. The fourth-order valence-corrected chi connectivity index (χ4v) is 2.98. The van der Waals surface area contributed by atoms with Crippen LogP contribution >= 0.6 is 0 Å². The molecule has 20 heavy (non-hydrogen) atoms. The van der Waals surface area contributed by atoms with Crippen molar-refractivity contribution in [3.8, 4) is 0 Å². The van der Waals surface area contributed by atoms with E-state index < -0.39 is 0 Å². The Labute approximate surface area is 120 Å². The predicted octanol–water partition coefficient (Wildman–Crippen LogP) is 3.10. The van der Waals surface area contributed by atoms with Crippen LogP contribution in [-0.2, 0) is 0 Å². The Hall–Kier alpha value is -1.87. The van der Waals surface area contributed by atoms with Gasteiger partial charge in [0.25, 0.3) is 0 Å². The van der Waals surface area contributed by atoms with E-state index in [9.17, 15) is 0 Å². The molecule has 0 amide bonds. The van der Waals surface area contributed by atoms with E-state index in [2.05, 4.69) is 46.3 Å². The number of nitrogens with zero attached hydrogens (tertiary/aromatic N) is 2. The van der Waals surface area contributed by atoms with Crippen LogP contribution in [0.5, 0.6) is 0 Å². The summed E-state index contributed by atoms with van der Waals surface area (Å²) in [5, 5.41) is 0. The standard InChI is InChI=1S/C17H21N3/c1-13(18)16-8-5-10-19-17(16)20-11-9-15(12-20)14-6-3-2-4-7-14/h2-8,10,13,15H,9,11-12,18H2,1H3. The molecule has 2 heterocycles. The van der Waals surface area contributed by atoms with Crippen LogP contribution in [0.2, 0.25) is 0 Å². The van der Waals surface area contributed by atoms with Crippen molar-refractivity contribution in [1.29, 1.82) is 0 Å². The van der Waals surface area contributed by atoms with Crippen LogP contribution < -0.4 is 10.6 Å². The van der Waals surface area contributed by atoms with Crippen LogP contribution in [0, 0.1) is 0 Å². The number of anilines is 1. The van der Waals surface area contributed by atoms with Crippen LogP contribution in [0.15, 0.2) is 48.7 Å². The van der Waals surface area contributed by atoms with Crippen molar-refractivity contribution < 1.29 is 0 Å². The summed E-state index contributed by atoms with van der Waals surface area (Å²) in [4.78, 5) is 6.93. The van der Waals surface area contributed by atoms with E-state index in [-0.39, 0.29) is 6.04 Å². The second-order valence-electron chi connectivity index (χ2n) is 5.55. The third kappa shape index (κ3) is 2.54. The van der Waals surface area contributed by atoms with Gasteiger partial charge in [-0.2, -0.15) is 0 Å². The maximum absolute atomic E-state index is 6.06.